The van der Waals surface area contributed by atoms with Gasteiger partial charge in [-0.05, 0) is 47.2 Å². The van der Waals surface area contributed by atoms with E-state index in [-0.39, 0.29) is 29.8 Å². The van der Waals surface area contributed by atoms with Crippen LogP contribution in [0.4, 0.5) is 0 Å². The molecule has 3 rings (SSSR count). The van der Waals surface area contributed by atoms with Crippen molar-refractivity contribution in [1.29, 1.82) is 0 Å². The summed E-state index contributed by atoms with van der Waals surface area (Å²) in [5, 5.41) is 2.89. The normalized spacial score (nSPS) is 16.4. The van der Waals surface area contributed by atoms with Crippen molar-refractivity contribution in [2.75, 3.05) is 27.9 Å². The SMILES string of the molecule is C=C1CCN([C@@H](C(=O)NCc2cc(OC)c(OC)c(OC)c2)C(C)C)S(=O)(=O)c2ccccc21. The molecule has 0 fully saturated rings. The van der Waals surface area contributed by atoms with Crippen LogP contribution in [0.25, 0.3) is 5.57 Å². The number of methoxy groups -OCH3 is 3. The Labute approximate surface area is 201 Å². The van der Waals surface area contributed by atoms with Crippen molar-refractivity contribution in [1.82, 2.24) is 9.62 Å². The summed E-state index contributed by atoms with van der Waals surface area (Å²) in [5.74, 6) is 0.758. The van der Waals surface area contributed by atoms with Gasteiger partial charge in [0.2, 0.25) is 21.7 Å². The van der Waals surface area contributed by atoms with Crippen LogP contribution in [0.5, 0.6) is 17.2 Å². The molecule has 9 heteroatoms. The molecule has 1 heterocycles. The fourth-order valence-corrected chi connectivity index (χ4v) is 6.16. The Morgan fingerprint density at radius 3 is 2.26 bits per heavy atom. The lowest BCUT2D eigenvalue weighted by Crippen LogP contribution is -2.52. The molecule has 8 nitrogen and oxygen atoms in total. The standard InChI is InChI=1S/C25H32N2O6S/c1-16(2)23(27-12-11-17(3)19-9-7-8-10-22(19)34(27,29)30)25(28)26-15-18-13-20(31-4)24(33-6)21(14-18)32-5/h7-10,13-14,16,23H,3,11-12,15H2,1-2,4-6H3,(H,26,28)/t23-/m1/s1. The van der Waals surface area contributed by atoms with Gasteiger partial charge in [0.05, 0.1) is 26.2 Å². The second-order valence-electron chi connectivity index (χ2n) is 8.41. The van der Waals surface area contributed by atoms with E-state index in [1.807, 2.05) is 13.8 Å². The fourth-order valence-electron chi connectivity index (χ4n) is 4.20. The molecule has 0 radical (unpaired) electrons. The highest BCUT2D eigenvalue weighted by atomic mass is 32.2. The van der Waals surface area contributed by atoms with E-state index in [0.717, 1.165) is 11.1 Å². The van der Waals surface area contributed by atoms with E-state index < -0.39 is 16.1 Å². The van der Waals surface area contributed by atoms with Crippen LogP contribution < -0.4 is 19.5 Å². The molecule has 0 unspecified atom stereocenters. The van der Waals surface area contributed by atoms with Gasteiger partial charge < -0.3 is 19.5 Å². The van der Waals surface area contributed by atoms with Crippen LogP contribution in [-0.4, -0.2) is 52.5 Å². The first-order valence-electron chi connectivity index (χ1n) is 11.0. The number of hydrogen-bond acceptors (Lipinski definition) is 6. The molecule has 0 saturated heterocycles. The highest BCUT2D eigenvalue weighted by Crippen LogP contribution is 2.38. The van der Waals surface area contributed by atoms with Crippen molar-refractivity contribution < 1.29 is 27.4 Å². The summed E-state index contributed by atoms with van der Waals surface area (Å²) in [6, 6.07) is 9.41. The van der Waals surface area contributed by atoms with E-state index >= 15 is 0 Å². The Morgan fingerprint density at radius 1 is 1.09 bits per heavy atom. The quantitative estimate of drug-likeness (QED) is 0.612. The Morgan fingerprint density at radius 2 is 1.71 bits per heavy atom. The molecule has 184 valence electrons. The van der Waals surface area contributed by atoms with E-state index in [1.54, 1.807) is 36.4 Å². The Kier molecular flexibility index (Phi) is 7.89. The average molecular weight is 489 g/mol. The lowest BCUT2D eigenvalue weighted by atomic mass is 10.0. The van der Waals surface area contributed by atoms with E-state index in [2.05, 4.69) is 11.9 Å². The Hall–Kier alpha value is -3.04. The number of ether oxygens (including phenoxy) is 3. The molecule has 0 bridgehead atoms. The average Bonchev–Trinajstić information content (AvgIpc) is 2.92. The Bertz CT molecular complexity index is 1150. The van der Waals surface area contributed by atoms with E-state index in [1.165, 1.54) is 25.6 Å². The van der Waals surface area contributed by atoms with Gasteiger partial charge in [-0.25, -0.2) is 8.42 Å². The van der Waals surface area contributed by atoms with Crippen LogP contribution in [0, 0.1) is 5.92 Å². The summed E-state index contributed by atoms with van der Waals surface area (Å²) >= 11 is 0. The number of carbonyl (C=O) groups excluding carboxylic acids is 1. The van der Waals surface area contributed by atoms with Crippen LogP contribution in [0.1, 0.15) is 31.4 Å². The van der Waals surface area contributed by atoms with Crippen molar-refractivity contribution in [3.63, 3.8) is 0 Å². The first kappa shape index (κ1) is 25.6. The van der Waals surface area contributed by atoms with Gasteiger partial charge in [-0.2, -0.15) is 4.31 Å². The number of amides is 1. The molecule has 0 aliphatic carbocycles. The molecule has 0 saturated carbocycles. The van der Waals surface area contributed by atoms with Crippen molar-refractivity contribution in [3.8, 4) is 17.2 Å². The fraction of sp³-hybridized carbons (Fsp3) is 0.400. The van der Waals surface area contributed by atoms with Gasteiger partial charge in [-0.15, -0.1) is 0 Å². The molecule has 0 spiro atoms. The lowest BCUT2D eigenvalue weighted by molar-refractivity contribution is -0.126. The van der Waals surface area contributed by atoms with Gasteiger partial charge in [0.15, 0.2) is 11.5 Å². The first-order valence-corrected chi connectivity index (χ1v) is 12.4. The van der Waals surface area contributed by atoms with Gasteiger partial charge in [0.1, 0.15) is 6.04 Å². The second-order valence-corrected chi connectivity index (χ2v) is 10.3. The Balaban J connectivity index is 1.89. The number of fused-ring (bicyclic) bond motifs is 1. The molecule has 2 aromatic rings. The van der Waals surface area contributed by atoms with Crippen LogP contribution in [0.3, 0.4) is 0 Å². The zero-order valence-electron chi connectivity index (χ0n) is 20.3. The number of nitrogens with zero attached hydrogens (tertiary/aromatic N) is 1. The second kappa shape index (κ2) is 10.5. The minimum Gasteiger partial charge on any atom is -0.493 e. The molecule has 2 aromatic carbocycles. The molecule has 1 atom stereocenters. The predicted octanol–water partition coefficient (Wildman–Crippen LogP) is 3.46. The van der Waals surface area contributed by atoms with Crippen molar-refractivity contribution in [2.45, 2.75) is 37.8 Å². The van der Waals surface area contributed by atoms with Crippen LogP contribution in [-0.2, 0) is 21.4 Å². The van der Waals surface area contributed by atoms with Gasteiger partial charge in [-0.3, -0.25) is 4.79 Å². The van der Waals surface area contributed by atoms with Crippen molar-refractivity contribution in [2.24, 2.45) is 5.92 Å². The van der Waals surface area contributed by atoms with Crippen LogP contribution in [0.2, 0.25) is 0 Å². The lowest BCUT2D eigenvalue weighted by Gasteiger charge is -2.31. The number of rotatable bonds is 8. The summed E-state index contributed by atoms with van der Waals surface area (Å²) in [4.78, 5) is 13.5. The first-order chi connectivity index (χ1) is 16.1. The minimum absolute atomic E-state index is 0.163. The number of carbonyl (C=O) groups is 1. The third-order valence-corrected chi connectivity index (χ3v) is 7.83. The molecular weight excluding hydrogens is 456 g/mol. The molecule has 34 heavy (non-hydrogen) atoms. The number of benzene rings is 2. The molecule has 0 aromatic heterocycles. The molecule has 1 aliphatic rings. The summed E-state index contributed by atoms with van der Waals surface area (Å²) in [5.41, 5.74) is 2.06. The maximum Gasteiger partial charge on any atom is 0.244 e. The van der Waals surface area contributed by atoms with Gasteiger partial charge in [0, 0.05) is 13.1 Å². The zero-order valence-corrected chi connectivity index (χ0v) is 21.1. The number of hydrogen-bond donors (Lipinski definition) is 1. The van der Waals surface area contributed by atoms with Crippen LogP contribution >= 0.6 is 0 Å². The highest BCUT2D eigenvalue weighted by molar-refractivity contribution is 7.89. The smallest absolute Gasteiger partial charge is 0.244 e. The summed E-state index contributed by atoms with van der Waals surface area (Å²) < 4.78 is 44.6. The highest BCUT2D eigenvalue weighted by Gasteiger charge is 2.40. The van der Waals surface area contributed by atoms with Crippen molar-refractivity contribution in [3.05, 3.63) is 54.1 Å². The molecule has 1 aliphatic heterocycles. The van der Waals surface area contributed by atoms with Crippen LogP contribution in [0.15, 0.2) is 47.9 Å². The van der Waals surface area contributed by atoms with Gasteiger partial charge in [-0.1, -0.05) is 38.6 Å². The van der Waals surface area contributed by atoms with E-state index in [9.17, 15) is 13.2 Å². The topological polar surface area (TPSA) is 94.2 Å². The third kappa shape index (κ3) is 4.90. The van der Waals surface area contributed by atoms with Gasteiger partial charge in [0.25, 0.3) is 0 Å². The third-order valence-electron chi connectivity index (χ3n) is 5.89. The molecule has 1 amide bonds. The monoisotopic (exact) mass is 488 g/mol. The predicted molar refractivity (Wildman–Crippen MR) is 131 cm³/mol. The van der Waals surface area contributed by atoms with E-state index in [4.69, 9.17) is 14.2 Å². The van der Waals surface area contributed by atoms with Gasteiger partial charge >= 0.3 is 0 Å². The minimum atomic E-state index is -3.90. The van der Waals surface area contributed by atoms with Crippen molar-refractivity contribution >= 4 is 21.5 Å². The summed E-state index contributed by atoms with van der Waals surface area (Å²) in [6.45, 7) is 8.08. The molecular formula is C25H32N2O6S. The summed E-state index contributed by atoms with van der Waals surface area (Å²) in [6.07, 6.45) is 0.444. The van der Waals surface area contributed by atoms with E-state index in [0.29, 0.717) is 29.2 Å². The maximum atomic E-state index is 13.6. The summed E-state index contributed by atoms with van der Waals surface area (Å²) in [7, 11) is 0.654. The number of nitrogens with one attached hydrogen (secondary N) is 1. The molecule has 1 N–H and O–H groups in total. The largest absolute Gasteiger partial charge is 0.493 e. The zero-order chi connectivity index (χ0) is 25.0. The number of sulfonamides is 1. The maximum absolute atomic E-state index is 13.6.